The second-order valence-corrected chi connectivity index (χ2v) is 38.0. The number of carbonyl (C=O) groups is 5. The third-order valence-electron chi connectivity index (χ3n) is 18.8. The minimum Gasteiger partial charge on any atom is -0.489 e. The summed E-state index contributed by atoms with van der Waals surface area (Å²) in [6.45, 7) is 26.4. The van der Waals surface area contributed by atoms with Crippen molar-refractivity contribution in [3.05, 3.63) is 211 Å². The average molecular weight is 1970 g/mol. The van der Waals surface area contributed by atoms with Crippen LogP contribution in [0.4, 0.5) is 84.0 Å². The lowest BCUT2D eigenvalue weighted by atomic mass is 10.1. The van der Waals surface area contributed by atoms with E-state index in [0.717, 1.165) is 88.9 Å². The SMILES string of the molecule is CCOC(=O)c1nc(C)c(-c2csc(Nc3cc(C(N)=O)ccc3OC(C)C)n2)s1.Cc1nc(-c2ccncc2)sc1-c1csc(Nc2cc(C(N)=O)ccc2OC(C)C)n1.Cc1nc(Nc2ccccn2)sc1-c1csc(Nc2cc(C(N)=O)ccc2OC(C)C)n1.Cc1nc(Nc2ncc(C(F)(F)F)cc2N2CCCC2)sc1-c1csc(Nc2cc(C(N)=O)ccc2OC(C)C)n1. The molecule has 11 aromatic heterocycles. The maximum absolute atomic E-state index is 13.4. The number of halogens is 3. The van der Waals surface area contributed by atoms with Gasteiger partial charge in [0, 0.05) is 87.2 Å². The molecule has 134 heavy (non-hydrogen) atoms. The molecule has 0 radical (unpaired) electrons. The Balaban J connectivity index is 0.000000153. The van der Waals surface area contributed by atoms with Crippen LogP contribution in [0, 0.1) is 27.7 Å². The summed E-state index contributed by atoms with van der Waals surface area (Å²) in [6, 6.07) is 30.7. The van der Waals surface area contributed by atoms with Crippen molar-refractivity contribution in [3.8, 4) is 75.9 Å². The molecule has 15 aromatic rings. The van der Waals surface area contributed by atoms with E-state index in [4.69, 9.17) is 66.6 Å². The van der Waals surface area contributed by atoms with Crippen molar-refractivity contribution < 1.29 is 60.8 Å². The van der Waals surface area contributed by atoms with E-state index in [1.807, 2.05) is 140 Å². The molecule has 1 aliphatic rings. The van der Waals surface area contributed by atoms with Gasteiger partial charge in [-0.3, -0.25) is 24.2 Å². The summed E-state index contributed by atoms with van der Waals surface area (Å²) >= 11 is 11.4. The van der Waals surface area contributed by atoms with Crippen LogP contribution in [0.3, 0.4) is 0 Å². The molecule has 0 aliphatic carbocycles. The van der Waals surface area contributed by atoms with E-state index < -0.39 is 41.3 Å². The van der Waals surface area contributed by atoms with Crippen molar-refractivity contribution in [3.63, 3.8) is 0 Å². The third kappa shape index (κ3) is 25.8. The first-order valence-electron chi connectivity index (χ1n) is 41.6. The van der Waals surface area contributed by atoms with Crippen LogP contribution in [-0.4, -0.2) is 129 Å². The highest BCUT2D eigenvalue weighted by atomic mass is 32.1. The molecule has 16 rings (SSSR count). The first-order valence-corrected chi connectivity index (χ1v) is 48.4. The number of primary amides is 4. The number of aryl methyl sites for hydroxylation is 4. The number of nitrogens with two attached hydrogens (primary N) is 4. The van der Waals surface area contributed by atoms with E-state index in [1.165, 1.54) is 79.4 Å². The number of ether oxygens (including phenoxy) is 5. The number of amides is 4. The molecule has 0 unspecified atom stereocenters. The Hall–Kier alpha value is -13.7. The molecule has 696 valence electrons. The summed E-state index contributed by atoms with van der Waals surface area (Å²) in [4.78, 5) is 113. The third-order valence-corrected chi connectivity index (χ3v) is 26.4. The fourth-order valence-electron chi connectivity index (χ4n) is 12.8. The highest BCUT2D eigenvalue weighted by Crippen LogP contribution is 2.45. The van der Waals surface area contributed by atoms with Gasteiger partial charge in [-0.25, -0.2) is 54.6 Å². The van der Waals surface area contributed by atoms with E-state index in [0.29, 0.717) is 153 Å². The average Bonchev–Trinajstić information content (AvgIpc) is 1.53. The van der Waals surface area contributed by atoms with Gasteiger partial charge in [0.25, 0.3) is 0 Å². The van der Waals surface area contributed by atoms with Gasteiger partial charge in [-0.05, 0) is 206 Å². The molecule has 14 N–H and O–H groups in total. The van der Waals surface area contributed by atoms with Gasteiger partial charge in [0.15, 0.2) is 36.6 Å². The van der Waals surface area contributed by atoms with E-state index >= 15 is 0 Å². The lowest BCUT2D eigenvalue weighted by molar-refractivity contribution is -0.137. The zero-order chi connectivity index (χ0) is 95.8. The van der Waals surface area contributed by atoms with Crippen LogP contribution in [0.2, 0.25) is 0 Å². The molecule has 1 saturated heterocycles. The van der Waals surface area contributed by atoms with Gasteiger partial charge < -0.3 is 83.4 Å². The fraction of sp³-hybridized carbons (Fsp3) is 0.253. The minimum atomic E-state index is -4.48. The maximum atomic E-state index is 13.4. The summed E-state index contributed by atoms with van der Waals surface area (Å²) in [5.41, 5.74) is 32.6. The molecule has 4 amide bonds. The Morgan fingerprint density at radius 1 is 0.433 bits per heavy atom. The predicted molar refractivity (Wildman–Crippen MR) is 529 cm³/mol. The van der Waals surface area contributed by atoms with Crippen molar-refractivity contribution >= 4 is 191 Å². The molecule has 1 fully saturated rings. The van der Waals surface area contributed by atoms with E-state index in [1.54, 1.807) is 110 Å². The molecule has 12 heterocycles. The Labute approximate surface area is 800 Å². The maximum Gasteiger partial charge on any atom is 0.417 e. The monoisotopic (exact) mass is 1970 g/mol. The molecular weight excluding hydrogens is 1870 g/mol. The van der Waals surface area contributed by atoms with E-state index in [-0.39, 0.29) is 24.4 Å². The molecule has 1 aliphatic heterocycles. The number of alkyl halides is 3. The molecule has 4 aromatic carbocycles. The summed E-state index contributed by atoms with van der Waals surface area (Å²) in [7, 11) is 0. The van der Waals surface area contributed by atoms with Crippen molar-refractivity contribution in [1.82, 2.24) is 54.8 Å². The molecule has 0 bridgehead atoms. The highest BCUT2D eigenvalue weighted by Gasteiger charge is 2.34. The van der Waals surface area contributed by atoms with Crippen molar-refractivity contribution in [1.29, 1.82) is 0 Å². The van der Waals surface area contributed by atoms with Gasteiger partial charge in [0.2, 0.25) is 28.6 Å². The van der Waals surface area contributed by atoms with Gasteiger partial charge in [-0.15, -0.1) is 68.0 Å². The summed E-state index contributed by atoms with van der Waals surface area (Å²) < 4.78 is 68.6. The normalized spacial score (nSPS) is 11.7. The summed E-state index contributed by atoms with van der Waals surface area (Å²) in [5, 5.41) is 32.0. The summed E-state index contributed by atoms with van der Waals surface area (Å²) in [6.07, 6.45) is 3.26. The van der Waals surface area contributed by atoms with Crippen LogP contribution in [0.5, 0.6) is 23.0 Å². The fourth-order valence-corrected chi connectivity index (χ4v) is 19.8. The van der Waals surface area contributed by atoms with Crippen LogP contribution in [0.25, 0.3) is 52.9 Å². The quantitative estimate of drug-likeness (QED) is 0.0175. The molecule has 0 atom stereocenters. The number of carbonyl (C=O) groups excluding carboxylic acids is 5. The Morgan fingerprint density at radius 2 is 0.813 bits per heavy atom. The Kier molecular flexibility index (Phi) is 32.3. The largest absolute Gasteiger partial charge is 0.489 e. The van der Waals surface area contributed by atoms with Gasteiger partial charge in [0.05, 0.1) is 130 Å². The van der Waals surface area contributed by atoms with Gasteiger partial charge in [0.1, 0.15) is 33.8 Å². The number of thiazole rings is 8. The first kappa shape index (κ1) is 97.8. The molecule has 0 spiro atoms. The Morgan fingerprint density at radius 3 is 1.19 bits per heavy atom. The van der Waals surface area contributed by atoms with Crippen LogP contribution < -0.4 is 78.7 Å². The smallest absolute Gasteiger partial charge is 0.417 e. The van der Waals surface area contributed by atoms with Crippen molar-refractivity contribution in [2.75, 3.05) is 56.5 Å². The van der Waals surface area contributed by atoms with Crippen molar-refractivity contribution in [2.45, 2.75) is 133 Å². The van der Waals surface area contributed by atoms with Gasteiger partial charge in [-0.2, -0.15) is 13.2 Å². The van der Waals surface area contributed by atoms with Crippen LogP contribution in [0.1, 0.15) is 155 Å². The lowest BCUT2D eigenvalue weighted by Gasteiger charge is -2.22. The number of pyridine rings is 3. The number of aromatic nitrogens is 11. The van der Waals surface area contributed by atoms with Gasteiger partial charge in [-0.1, -0.05) is 28.7 Å². The topological polar surface area (TPSA) is 453 Å². The lowest BCUT2D eigenvalue weighted by Crippen LogP contribution is -2.20. The van der Waals surface area contributed by atoms with Crippen LogP contribution >= 0.6 is 90.7 Å². The van der Waals surface area contributed by atoms with E-state index in [2.05, 4.69) is 66.8 Å². The zero-order valence-electron chi connectivity index (χ0n) is 74.5. The van der Waals surface area contributed by atoms with Crippen LogP contribution in [0.15, 0.2) is 156 Å². The van der Waals surface area contributed by atoms with Gasteiger partial charge >= 0.3 is 12.1 Å². The molecule has 0 saturated carbocycles. The number of benzene rings is 4. The number of nitrogens with one attached hydrogen (secondary N) is 6. The number of hydrogen-bond donors (Lipinski definition) is 10. The standard InChI is InChI=1S/C27H28F3N7O2S2.C22H22N6O2S2.C22H21N5O2S2.C20H22N4O4S2/c1-14(2)39-21-7-6-16(23(31)38)10-18(21)34-25-35-19(13-40-25)22-15(3)33-26(41-22)36-24-20(37-8-4-5-9-37)11-17(12-32-24)27(28,29)30;1-12(2)30-17-8-7-14(20(23)29)10-15(17)26-21-27-16(11-31-21)19-13(3)25-22(32-19)28-18-6-4-5-9-24-18;1-12(2)29-18-5-4-15(20(23)28)10-16(18)26-22-27-17(11-30-22)19-13(3)25-21(31-19)14-6-8-24-9-7-14;1-5-27-19(26)18-22-11(4)16(30-18)14-9-29-20(24-14)23-13-8-12(17(21)25)6-7-15(13)28-10(2)3/h6-7,10-14H,4-5,8-9H2,1-3H3,(H2,31,38)(H,34,35)(H,32,33,36);4-12H,1-3H3,(H2,23,29)(H,26,27)(H,24,25,28);4-12H,1-3H3,(H2,23,28)(H,26,27);6-10H,5H2,1-4H3,(H2,21,25)(H,23,24). The minimum absolute atomic E-state index is 0.0155. The number of rotatable bonds is 32. The zero-order valence-corrected chi connectivity index (χ0v) is 81.0. The number of anilines is 13. The second kappa shape index (κ2) is 44.2. The molecular formula is C91H93F3N22O10S8. The van der Waals surface area contributed by atoms with E-state index in [9.17, 15) is 37.1 Å². The second-order valence-electron chi connectivity index (χ2n) is 30.6. The highest BCUT2D eigenvalue weighted by molar-refractivity contribution is 7.21. The molecule has 43 heteroatoms. The number of nitrogens with zero attached hydrogens (tertiary/aromatic N) is 12. The molecule has 32 nitrogen and oxygen atoms in total. The van der Waals surface area contributed by atoms with Crippen molar-refractivity contribution in [2.24, 2.45) is 22.9 Å². The van der Waals surface area contributed by atoms with Crippen LogP contribution in [-0.2, 0) is 10.9 Å². The number of esters is 1. The Bertz CT molecular complexity index is 6660. The first-order chi connectivity index (χ1) is 64.0. The number of hydrogen-bond acceptors (Lipinski definition) is 36. The summed E-state index contributed by atoms with van der Waals surface area (Å²) in [5.74, 6) is 0.937. The predicted octanol–water partition coefficient (Wildman–Crippen LogP) is 22.0.